The molecule has 0 saturated carbocycles. The van der Waals surface area contributed by atoms with Gasteiger partial charge in [0.15, 0.2) is 5.76 Å². The van der Waals surface area contributed by atoms with E-state index in [9.17, 15) is 9.18 Å². The molecule has 2 aromatic carbocycles. The molecule has 0 bridgehead atoms. The first-order chi connectivity index (χ1) is 11.0. The fourth-order valence-corrected chi connectivity index (χ4v) is 2.82. The van der Waals surface area contributed by atoms with Gasteiger partial charge in [-0.3, -0.25) is 4.79 Å². The summed E-state index contributed by atoms with van der Waals surface area (Å²) in [5.74, 6) is -0.403. The lowest BCUT2D eigenvalue weighted by molar-refractivity contribution is 0.0981. The quantitative estimate of drug-likeness (QED) is 0.632. The summed E-state index contributed by atoms with van der Waals surface area (Å²) in [6.07, 6.45) is 0. The second kappa shape index (κ2) is 6.22. The van der Waals surface area contributed by atoms with Crippen molar-refractivity contribution in [3.8, 4) is 0 Å². The predicted molar refractivity (Wildman–Crippen MR) is 90.2 cm³/mol. The van der Waals surface area contributed by atoms with Crippen LogP contribution in [0.25, 0.3) is 11.0 Å². The molecule has 1 N–H and O–H groups in total. The van der Waals surface area contributed by atoms with Crippen molar-refractivity contribution >= 4 is 45.6 Å². The number of aryl methyl sites for hydroxylation is 1. The van der Waals surface area contributed by atoms with Crippen LogP contribution in [-0.4, -0.2) is 12.3 Å². The third-order valence-corrected chi connectivity index (χ3v) is 4.07. The smallest absolute Gasteiger partial charge is 0.217 e. The van der Waals surface area contributed by atoms with Gasteiger partial charge in [-0.15, -0.1) is 0 Å². The molecule has 0 radical (unpaired) electrons. The van der Waals surface area contributed by atoms with E-state index in [1.807, 2.05) is 0 Å². The van der Waals surface area contributed by atoms with Gasteiger partial charge in [0, 0.05) is 16.0 Å². The Morgan fingerprint density at radius 1 is 1.22 bits per heavy atom. The van der Waals surface area contributed by atoms with Gasteiger partial charge < -0.3 is 9.73 Å². The Balaban J connectivity index is 1.82. The Hall–Kier alpha value is -2.04. The highest BCUT2D eigenvalue weighted by atomic mass is 35.5. The summed E-state index contributed by atoms with van der Waals surface area (Å²) < 4.78 is 18.9. The lowest BCUT2D eigenvalue weighted by Gasteiger charge is -2.07. The standard InChI is InChI=1S/C17H12Cl2FNO2/c1-9-12-7-11(20)3-5-16(12)23-17(9)15(22)8-21-14-4-2-10(18)6-13(14)19/h2-7,21H,8H2,1H3. The van der Waals surface area contributed by atoms with Crippen molar-refractivity contribution in [2.45, 2.75) is 6.92 Å². The van der Waals surface area contributed by atoms with Gasteiger partial charge in [-0.05, 0) is 43.3 Å². The number of hydrogen-bond acceptors (Lipinski definition) is 3. The molecule has 0 aliphatic carbocycles. The van der Waals surface area contributed by atoms with E-state index in [1.54, 1.807) is 25.1 Å². The number of carbonyl (C=O) groups excluding carboxylic acids is 1. The normalized spacial score (nSPS) is 11.0. The van der Waals surface area contributed by atoms with Gasteiger partial charge in [0.05, 0.1) is 17.3 Å². The van der Waals surface area contributed by atoms with Crippen LogP contribution in [0, 0.1) is 12.7 Å². The Kier molecular flexibility index (Phi) is 4.28. The molecule has 0 spiro atoms. The molecule has 0 fully saturated rings. The number of anilines is 1. The minimum atomic E-state index is -0.369. The Bertz CT molecular complexity index is 905. The molecule has 0 aliphatic heterocycles. The molecule has 3 rings (SSSR count). The van der Waals surface area contributed by atoms with Gasteiger partial charge in [-0.25, -0.2) is 4.39 Å². The Morgan fingerprint density at radius 2 is 2.00 bits per heavy atom. The highest BCUT2D eigenvalue weighted by Gasteiger charge is 2.18. The van der Waals surface area contributed by atoms with Gasteiger partial charge in [0.25, 0.3) is 0 Å². The fraction of sp³-hybridized carbons (Fsp3) is 0.118. The molecule has 23 heavy (non-hydrogen) atoms. The molecule has 0 unspecified atom stereocenters. The van der Waals surface area contributed by atoms with Gasteiger partial charge in [0.1, 0.15) is 11.4 Å². The van der Waals surface area contributed by atoms with Crippen molar-refractivity contribution in [3.05, 3.63) is 63.6 Å². The summed E-state index contributed by atoms with van der Waals surface area (Å²) in [4.78, 5) is 12.4. The maximum atomic E-state index is 13.3. The van der Waals surface area contributed by atoms with Crippen LogP contribution < -0.4 is 5.32 Å². The first-order valence-corrected chi connectivity index (χ1v) is 7.62. The second-order valence-electron chi connectivity index (χ2n) is 5.10. The maximum absolute atomic E-state index is 13.3. The third-order valence-electron chi connectivity index (χ3n) is 3.52. The molecular weight excluding hydrogens is 340 g/mol. The SMILES string of the molecule is Cc1c(C(=O)CNc2ccc(Cl)cc2Cl)oc2ccc(F)cc12. The van der Waals surface area contributed by atoms with Crippen molar-refractivity contribution in [3.63, 3.8) is 0 Å². The summed E-state index contributed by atoms with van der Waals surface area (Å²) in [7, 11) is 0. The molecule has 0 saturated heterocycles. The van der Waals surface area contributed by atoms with E-state index >= 15 is 0 Å². The highest BCUT2D eigenvalue weighted by molar-refractivity contribution is 6.36. The molecule has 1 heterocycles. The van der Waals surface area contributed by atoms with Crippen LogP contribution in [0.4, 0.5) is 10.1 Å². The molecule has 6 heteroatoms. The minimum absolute atomic E-state index is 0.00446. The average Bonchev–Trinajstić information content (AvgIpc) is 2.83. The van der Waals surface area contributed by atoms with Gasteiger partial charge >= 0.3 is 0 Å². The van der Waals surface area contributed by atoms with Crippen molar-refractivity contribution in [2.75, 3.05) is 11.9 Å². The lowest BCUT2D eigenvalue weighted by Crippen LogP contribution is -2.14. The molecule has 1 aromatic heterocycles. The monoisotopic (exact) mass is 351 g/mol. The number of halogens is 3. The third kappa shape index (κ3) is 3.19. The number of rotatable bonds is 4. The van der Waals surface area contributed by atoms with E-state index in [0.717, 1.165) is 0 Å². The number of carbonyl (C=O) groups is 1. The Morgan fingerprint density at radius 3 is 2.74 bits per heavy atom. The largest absolute Gasteiger partial charge is 0.453 e. The zero-order chi connectivity index (χ0) is 16.6. The summed E-state index contributed by atoms with van der Waals surface area (Å²) in [6, 6.07) is 9.12. The average molecular weight is 352 g/mol. The van der Waals surface area contributed by atoms with E-state index < -0.39 is 0 Å². The highest BCUT2D eigenvalue weighted by Crippen LogP contribution is 2.28. The van der Waals surface area contributed by atoms with E-state index in [2.05, 4.69) is 5.32 Å². The zero-order valence-electron chi connectivity index (χ0n) is 12.1. The summed E-state index contributed by atoms with van der Waals surface area (Å²) in [6.45, 7) is 1.73. The first kappa shape index (κ1) is 15.8. The van der Waals surface area contributed by atoms with Crippen LogP contribution in [0.1, 0.15) is 16.1 Å². The molecular formula is C17H12Cl2FNO2. The summed E-state index contributed by atoms with van der Waals surface area (Å²) >= 11 is 11.9. The summed E-state index contributed by atoms with van der Waals surface area (Å²) in [5.41, 5.74) is 1.70. The molecule has 3 aromatic rings. The molecule has 0 atom stereocenters. The number of nitrogens with one attached hydrogen (secondary N) is 1. The lowest BCUT2D eigenvalue weighted by atomic mass is 10.1. The second-order valence-corrected chi connectivity index (χ2v) is 5.94. The van der Waals surface area contributed by atoms with Crippen LogP contribution in [-0.2, 0) is 0 Å². The van der Waals surface area contributed by atoms with Crippen molar-refractivity contribution in [2.24, 2.45) is 0 Å². The molecule has 3 nitrogen and oxygen atoms in total. The van der Waals surface area contributed by atoms with E-state index in [1.165, 1.54) is 18.2 Å². The number of hydrogen-bond donors (Lipinski definition) is 1. The first-order valence-electron chi connectivity index (χ1n) is 6.86. The molecule has 0 amide bonds. The topological polar surface area (TPSA) is 42.2 Å². The van der Waals surface area contributed by atoms with E-state index in [-0.39, 0.29) is 23.9 Å². The van der Waals surface area contributed by atoms with Gasteiger partial charge in [0.2, 0.25) is 5.78 Å². The van der Waals surface area contributed by atoms with Crippen LogP contribution in [0.5, 0.6) is 0 Å². The van der Waals surface area contributed by atoms with E-state index in [4.69, 9.17) is 27.6 Å². The fourth-order valence-electron chi connectivity index (χ4n) is 2.35. The number of fused-ring (bicyclic) bond motifs is 1. The van der Waals surface area contributed by atoms with Crippen molar-refractivity contribution < 1.29 is 13.6 Å². The molecule has 118 valence electrons. The number of furan rings is 1. The predicted octanol–water partition coefficient (Wildman–Crippen LogP) is 5.48. The number of Topliss-reactive ketones (excluding diaryl/α,β-unsaturated/α-hetero) is 1. The number of benzene rings is 2. The van der Waals surface area contributed by atoms with Crippen LogP contribution in [0.3, 0.4) is 0 Å². The van der Waals surface area contributed by atoms with Gasteiger partial charge in [-0.2, -0.15) is 0 Å². The minimum Gasteiger partial charge on any atom is -0.453 e. The maximum Gasteiger partial charge on any atom is 0.217 e. The van der Waals surface area contributed by atoms with Crippen LogP contribution in [0.15, 0.2) is 40.8 Å². The van der Waals surface area contributed by atoms with Crippen molar-refractivity contribution in [1.29, 1.82) is 0 Å². The van der Waals surface area contributed by atoms with Gasteiger partial charge in [-0.1, -0.05) is 23.2 Å². The summed E-state index contributed by atoms with van der Waals surface area (Å²) in [5, 5.41) is 4.48. The number of ketones is 1. The van der Waals surface area contributed by atoms with Crippen molar-refractivity contribution in [1.82, 2.24) is 0 Å². The van der Waals surface area contributed by atoms with Crippen LogP contribution in [0.2, 0.25) is 10.0 Å². The molecule has 0 aliphatic rings. The van der Waals surface area contributed by atoms with Crippen LogP contribution >= 0.6 is 23.2 Å². The van der Waals surface area contributed by atoms with E-state index in [0.29, 0.717) is 32.3 Å². The Labute approximate surface area is 142 Å². The zero-order valence-corrected chi connectivity index (χ0v) is 13.6.